The third-order valence-electron chi connectivity index (χ3n) is 4.64. The van der Waals surface area contributed by atoms with Crippen molar-refractivity contribution < 1.29 is 4.79 Å². The number of benzene rings is 1. The molecule has 0 unspecified atom stereocenters. The van der Waals surface area contributed by atoms with E-state index in [2.05, 4.69) is 39.0 Å². The number of thioether (sulfide) groups is 1. The monoisotopic (exact) mass is 328 g/mol. The second kappa shape index (κ2) is 6.91. The first-order valence-electron chi connectivity index (χ1n) is 8.40. The molecule has 3 nitrogen and oxygen atoms in total. The van der Waals surface area contributed by atoms with Crippen LogP contribution in [0.15, 0.2) is 23.2 Å². The number of carbonyl (C=O) groups excluding carboxylic acids is 1. The molecule has 4 heteroatoms. The number of carbonyl (C=O) groups is 1. The van der Waals surface area contributed by atoms with Crippen LogP contribution in [-0.4, -0.2) is 34.6 Å². The maximum absolute atomic E-state index is 12.3. The Bertz CT molecular complexity index is 736. The van der Waals surface area contributed by atoms with Gasteiger partial charge in [0, 0.05) is 18.5 Å². The molecule has 2 heterocycles. The molecular weight excluding hydrogens is 304 g/mol. The number of nitrogens with zero attached hydrogens (tertiary/aromatic N) is 2. The van der Waals surface area contributed by atoms with E-state index in [0.717, 1.165) is 42.9 Å². The fourth-order valence-electron chi connectivity index (χ4n) is 3.03. The summed E-state index contributed by atoms with van der Waals surface area (Å²) in [4.78, 5) is 19.1. The van der Waals surface area contributed by atoms with E-state index in [4.69, 9.17) is 4.98 Å². The fourth-order valence-corrected chi connectivity index (χ4v) is 4.03. The van der Waals surface area contributed by atoms with E-state index >= 15 is 0 Å². The molecule has 0 saturated carbocycles. The van der Waals surface area contributed by atoms with Gasteiger partial charge in [0.25, 0.3) is 0 Å². The van der Waals surface area contributed by atoms with Crippen molar-refractivity contribution >= 4 is 28.6 Å². The predicted octanol–water partition coefficient (Wildman–Crippen LogP) is 4.13. The van der Waals surface area contributed by atoms with Gasteiger partial charge in [0.1, 0.15) is 5.03 Å². The van der Waals surface area contributed by atoms with E-state index in [1.807, 2.05) is 4.90 Å². The minimum absolute atomic E-state index is 0.247. The first-order chi connectivity index (χ1) is 11.1. The van der Waals surface area contributed by atoms with Crippen molar-refractivity contribution in [2.75, 3.05) is 18.8 Å². The Morgan fingerprint density at radius 3 is 2.57 bits per heavy atom. The highest BCUT2D eigenvalue weighted by atomic mass is 32.2. The second-order valence-electron chi connectivity index (χ2n) is 6.31. The Kier molecular flexibility index (Phi) is 4.90. The molecule has 0 atom stereocenters. The average molecular weight is 328 g/mol. The molecule has 0 radical (unpaired) electrons. The van der Waals surface area contributed by atoms with Crippen LogP contribution in [0.2, 0.25) is 0 Å². The van der Waals surface area contributed by atoms with Crippen molar-refractivity contribution in [2.24, 2.45) is 0 Å². The van der Waals surface area contributed by atoms with Gasteiger partial charge >= 0.3 is 0 Å². The molecule has 1 aromatic carbocycles. The molecule has 1 aliphatic rings. The average Bonchev–Trinajstić information content (AvgIpc) is 3.07. The van der Waals surface area contributed by atoms with Gasteiger partial charge in [0.15, 0.2) is 0 Å². The zero-order chi connectivity index (χ0) is 16.4. The van der Waals surface area contributed by atoms with Gasteiger partial charge in [-0.05, 0) is 68.0 Å². The smallest absolute Gasteiger partial charge is 0.232 e. The highest BCUT2D eigenvalue weighted by Gasteiger charge is 2.18. The number of pyridine rings is 1. The maximum atomic E-state index is 12.3. The number of aromatic nitrogens is 1. The van der Waals surface area contributed by atoms with Gasteiger partial charge in [0.05, 0.1) is 11.3 Å². The predicted molar refractivity (Wildman–Crippen MR) is 97.1 cm³/mol. The Balaban J connectivity index is 1.83. The van der Waals surface area contributed by atoms with Crippen LogP contribution in [-0.2, 0) is 11.2 Å². The van der Waals surface area contributed by atoms with Gasteiger partial charge in [-0.3, -0.25) is 4.79 Å². The third-order valence-corrected chi connectivity index (χ3v) is 5.66. The molecule has 23 heavy (non-hydrogen) atoms. The Morgan fingerprint density at radius 1 is 1.17 bits per heavy atom. The summed E-state index contributed by atoms with van der Waals surface area (Å²) in [5.41, 5.74) is 4.82. The second-order valence-corrected chi connectivity index (χ2v) is 7.28. The maximum Gasteiger partial charge on any atom is 0.232 e. The molecule has 0 aliphatic carbocycles. The Morgan fingerprint density at radius 2 is 1.87 bits per heavy atom. The van der Waals surface area contributed by atoms with Crippen LogP contribution in [0.1, 0.15) is 36.5 Å². The van der Waals surface area contributed by atoms with E-state index < -0.39 is 0 Å². The lowest BCUT2D eigenvalue weighted by molar-refractivity contribution is -0.127. The minimum atomic E-state index is 0.247. The zero-order valence-corrected chi connectivity index (χ0v) is 15.0. The summed E-state index contributed by atoms with van der Waals surface area (Å²) in [5, 5.41) is 2.20. The van der Waals surface area contributed by atoms with Crippen molar-refractivity contribution in [3.63, 3.8) is 0 Å². The summed E-state index contributed by atoms with van der Waals surface area (Å²) in [7, 11) is 0. The summed E-state index contributed by atoms with van der Waals surface area (Å²) >= 11 is 1.59. The zero-order valence-electron chi connectivity index (χ0n) is 14.2. The lowest BCUT2D eigenvalue weighted by Crippen LogP contribution is -2.29. The van der Waals surface area contributed by atoms with Crippen molar-refractivity contribution in [3.05, 3.63) is 34.9 Å². The van der Waals surface area contributed by atoms with Crippen LogP contribution in [0.3, 0.4) is 0 Å². The minimum Gasteiger partial charge on any atom is -0.342 e. The van der Waals surface area contributed by atoms with Gasteiger partial charge < -0.3 is 4.90 Å². The van der Waals surface area contributed by atoms with E-state index in [9.17, 15) is 4.79 Å². The van der Waals surface area contributed by atoms with Gasteiger partial charge in [-0.15, -0.1) is 0 Å². The van der Waals surface area contributed by atoms with Crippen LogP contribution in [0, 0.1) is 13.8 Å². The first kappa shape index (κ1) is 16.3. The van der Waals surface area contributed by atoms with E-state index in [1.165, 1.54) is 22.1 Å². The van der Waals surface area contributed by atoms with Crippen molar-refractivity contribution in [1.82, 2.24) is 9.88 Å². The SMILES string of the molecule is CCc1cc2cc(C)c(C)cc2nc1SCC(=O)N1CCCC1. The molecule has 3 rings (SSSR count). The summed E-state index contributed by atoms with van der Waals surface area (Å²) in [6, 6.07) is 6.59. The Hall–Kier alpha value is -1.55. The molecule has 1 aliphatic heterocycles. The summed E-state index contributed by atoms with van der Waals surface area (Å²) < 4.78 is 0. The highest BCUT2D eigenvalue weighted by Crippen LogP contribution is 2.27. The van der Waals surface area contributed by atoms with Crippen molar-refractivity contribution in [2.45, 2.75) is 45.1 Å². The number of hydrogen-bond acceptors (Lipinski definition) is 3. The topological polar surface area (TPSA) is 33.2 Å². The lowest BCUT2D eigenvalue weighted by atomic mass is 10.0. The fraction of sp³-hybridized carbons (Fsp3) is 0.474. The van der Waals surface area contributed by atoms with E-state index in [-0.39, 0.29) is 5.91 Å². The van der Waals surface area contributed by atoms with Gasteiger partial charge in [-0.1, -0.05) is 18.7 Å². The van der Waals surface area contributed by atoms with Gasteiger partial charge in [0.2, 0.25) is 5.91 Å². The standard InChI is InChI=1S/C19H24N2OS/c1-4-15-11-16-9-13(2)14(3)10-17(16)20-19(15)23-12-18(22)21-7-5-6-8-21/h9-11H,4-8,12H2,1-3H3. The van der Waals surface area contributed by atoms with Crippen LogP contribution in [0.5, 0.6) is 0 Å². The summed E-state index contributed by atoms with van der Waals surface area (Å²) in [5.74, 6) is 0.743. The third kappa shape index (κ3) is 3.52. The molecule has 1 saturated heterocycles. The number of likely N-dealkylation sites (tertiary alicyclic amines) is 1. The Labute approximate surface area is 142 Å². The normalized spacial score (nSPS) is 14.7. The molecular formula is C19H24N2OS. The summed E-state index contributed by atoms with van der Waals surface area (Å²) in [6.45, 7) is 8.25. The van der Waals surface area contributed by atoms with Crippen molar-refractivity contribution in [1.29, 1.82) is 0 Å². The molecule has 0 spiro atoms. The van der Waals surface area contributed by atoms with Gasteiger partial charge in [-0.25, -0.2) is 4.98 Å². The van der Waals surface area contributed by atoms with Crippen LogP contribution >= 0.6 is 11.8 Å². The lowest BCUT2D eigenvalue weighted by Gasteiger charge is -2.15. The van der Waals surface area contributed by atoms with Crippen LogP contribution in [0.4, 0.5) is 0 Å². The number of amides is 1. The molecule has 1 fully saturated rings. The molecule has 1 aromatic heterocycles. The summed E-state index contributed by atoms with van der Waals surface area (Å²) in [6.07, 6.45) is 3.23. The van der Waals surface area contributed by atoms with Crippen molar-refractivity contribution in [3.8, 4) is 0 Å². The highest BCUT2D eigenvalue weighted by molar-refractivity contribution is 7.99. The van der Waals surface area contributed by atoms with E-state index in [1.54, 1.807) is 11.8 Å². The largest absolute Gasteiger partial charge is 0.342 e. The molecule has 1 amide bonds. The first-order valence-corrected chi connectivity index (χ1v) is 9.38. The van der Waals surface area contributed by atoms with Crippen LogP contribution in [0.25, 0.3) is 10.9 Å². The number of aryl methyl sites for hydroxylation is 3. The molecule has 2 aromatic rings. The number of fused-ring (bicyclic) bond motifs is 1. The molecule has 0 bridgehead atoms. The van der Waals surface area contributed by atoms with E-state index in [0.29, 0.717) is 5.75 Å². The van der Waals surface area contributed by atoms with Gasteiger partial charge in [-0.2, -0.15) is 0 Å². The number of rotatable bonds is 4. The van der Waals surface area contributed by atoms with Crippen LogP contribution < -0.4 is 0 Å². The number of hydrogen-bond donors (Lipinski definition) is 0. The molecule has 0 N–H and O–H groups in total. The molecule has 122 valence electrons. The quantitative estimate of drug-likeness (QED) is 0.791.